The molecule has 0 bridgehead atoms. The Morgan fingerprint density at radius 1 is 1.22 bits per heavy atom. The maximum Gasteiger partial charge on any atom is 0.279 e. The zero-order valence-corrected chi connectivity index (χ0v) is 13.7. The van der Waals surface area contributed by atoms with Crippen LogP contribution in [0.4, 0.5) is 5.69 Å². The summed E-state index contributed by atoms with van der Waals surface area (Å²) in [5.41, 5.74) is 0.518. The maximum absolute atomic E-state index is 12.0. The fourth-order valence-corrected chi connectivity index (χ4v) is 2.99. The summed E-state index contributed by atoms with van der Waals surface area (Å²) >= 11 is 0. The summed E-state index contributed by atoms with van der Waals surface area (Å²) in [4.78, 5) is 26.2. The minimum Gasteiger partial charge on any atom is -0.332 e. The average Bonchev–Trinajstić information content (AvgIpc) is 2.47. The highest BCUT2D eigenvalue weighted by atomic mass is 32.2. The van der Waals surface area contributed by atoms with Crippen LogP contribution in [0.25, 0.3) is 0 Å². The van der Waals surface area contributed by atoms with Gasteiger partial charge in [-0.25, -0.2) is 13.6 Å². The molecule has 2 amide bonds. The molecule has 0 aliphatic carbocycles. The highest BCUT2D eigenvalue weighted by Crippen LogP contribution is 2.12. The molecule has 1 aromatic rings. The molecule has 1 aliphatic heterocycles. The highest BCUT2D eigenvalue weighted by molar-refractivity contribution is 7.89. The van der Waals surface area contributed by atoms with Crippen molar-refractivity contribution in [1.82, 2.24) is 4.90 Å². The summed E-state index contributed by atoms with van der Waals surface area (Å²) in [7, 11) is -3.73. The zero-order valence-electron chi connectivity index (χ0n) is 12.9. The second kappa shape index (κ2) is 7.07. The Kier molecular flexibility index (Phi) is 5.34. The predicted molar refractivity (Wildman–Crippen MR) is 84.3 cm³/mol. The van der Waals surface area contributed by atoms with E-state index in [0.29, 0.717) is 25.3 Å². The van der Waals surface area contributed by atoms with Crippen LogP contribution in [0.5, 0.6) is 0 Å². The molecule has 1 aromatic carbocycles. The minimum atomic E-state index is -3.73. The molecule has 9 heteroatoms. The number of hydrogen-bond acceptors (Lipinski definition) is 4. The van der Waals surface area contributed by atoms with Gasteiger partial charge < -0.3 is 15.1 Å². The van der Waals surface area contributed by atoms with Gasteiger partial charge in [-0.1, -0.05) is 0 Å². The normalized spacial score (nSPS) is 16.2. The molecule has 0 aromatic heterocycles. The predicted octanol–water partition coefficient (Wildman–Crippen LogP) is -1.98. The van der Waals surface area contributed by atoms with Crippen molar-refractivity contribution < 1.29 is 22.9 Å². The number of carbonyl (C=O) groups excluding carboxylic acids is 2. The van der Waals surface area contributed by atoms with Crippen molar-refractivity contribution in [3.63, 3.8) is 0 Å². The first-order valence-electron chi connectivity index (χ1n) is 7.27. The van der Waals surface area contributed by atoms with Gasteiger partial charge in [0, 0.05) is 12.6 Å². The summed E-state index contributed by atoms with van der Waals surface area (Å²) in [5.74, 6) is -0.0944. The van der Waals surface area contributed by atoms with Crippen molar-refractivity contribution in [2.24, 2.45) is 5.14 Å². The molecule has 1 aliphatic rings. The molecule has 126 valence electrons. The van der Waals surface area contributed by atoms with Gasteiger partial charge in [0.2, 0.25) is 15.9 Å². The topological polar surface area (TPSA) is 114 Å². The number of hydrogen-bond donors (Lipinski definition) is 3. The van der Waals surface area contributed by atoms with Crippen molar-refractivity contribution in [1.29, 1.82) is 0 Å². The van der Waals surface area contributed by atoms with Crippen molar-refractivity contribution in [2.75, 3.05) is 38.0 Å². The largest absolute Gasteiger partial charge is 0.332 e. The van der Waals surface area contributed by atoms with E-state index in [0.717, 1.165) is 18.0 Å². The Labute approximate surface area is 135 Å². The van der Waals surface area contributed by atoms with Gasteiger partial charge in [0.15, 0.2) is 6.54 Å². The van der Waals surface area contributed by atoms with Gasteiger partial charge >= 0.3 is 0 Å². The van der Waals surface area contributed by atoms with Crippen LogP contribution < -0.4 is 15.4 Å². The highest BCUT2D eigenvalue weighted by Gasteiger charge is 2.23. The smallest absolute Gasteiger partial charge is 0.279 e. The summed E-state index contributed by atoms with van der Waals surface area (Å²) in [5, 5.41) is 7.74. The molecule has 1 heterocycles. The van der Waals surface area contributed by atoms with Crippen LogP contribution in [-0.4, -0.2) is 57.9 Å². The number of nitrogens with zero attached hydrogens (tertiary/aromatic N) is 1. The Hall–Kier alpha value is -1.97. The fourth-order valence-electron chi connectivity index (χ4n) is 2.47. The van der Waals surface area contributed by atoms with Crippen LogP contribution in [-0.2, 0) is 19.6 Å². The van der Waals surface area contributed by atoms with Crippen LogP contribution in [0.2, 0.25) is 0 Å². The molecule has 0 atom stereocenters. The van der Waals surface area contributed by atoms with Crippen LogP contribution in [0.3, 0.4) is 0 Å². The van der Waals surface area contributed by atoms with E-state index in [1.165, 1.54) is 24.3 Å². The van der Waals surface area contributed by atoms with E-state index >= 15 is 0 Å². The van der Waals surface area contributed by atoms with E-state index in [1.807, 2.05) is 0 Å². The number of nitrogens with one attached hydrogen (secondary N) is 2. The third-order valence-corrected chi connectivity index (χ3v) is 4.72. The monoisotopic (exact) mass is 341 g/mol. The van der Waals surface area contributed by atoms with Crippen molar-refractivity contribution in [2.45, 2.75) is 11.8 Å². The number of nitrogens with two attached hydrogens (primary N) is 1. The number of benzene rings is 1. The summed E-state index contributed by atoms with van der Waals surface area (Å²) in [6.45, 7) is 4.63. The first-order chi connectivity index (χ1) is 10.8. The number of carbonyl (C=O) groups is 2. The van der Waals surface area contributed by atoms with Crippen LogP contribution in [0, 0.1) is 0 Å². The zero-order chi connectivity index (χ0) is 17.0. The van der Waals surface area contributed by atoms with Gasteiger partial charge in [0.05, 0.1) is 31.1 Å². The third kappa shape index (κ3) is 5.02. The second-order valence-corrected chi connectivity index (χ2v) is 7.11. The van der Waals surface area contributed by atoms with Crippen LogP contribution in [0.1, 0.15) is 6.92 Å². The lowest BCUT2D eigenvalue weighted by atomic mass is 10.3. The number of anilines is 1. The lowest BCUT2D eigenvalue weighted by Crippen LogP contribution is -3.15. The Balaban J connectivity index is 1.85. The fraction of sp³-hybridized carbons (Fsp3) is 0.429. The molecule has 0 unspecified atom stereocenters. The molecule has 1 fully saturated rings. The van der Waals surface area contributed by atoms with Gasteiger partial charge in [-0.05, 0) is 24.3 Å². The van der Waals surface area contributed by atoms with E-state index < -0.39 is 10.0 Å². The minimum absolute atomic E-state index is 0.00137. The van der Waals surface area contributed by atoms with Crippen molar-refractivity contribution in [3.05, 3.63) is 24.3 Å². The second-order valence-electron chi connectivity index (χ2n) is 5.55. The maximum atomic E-state index is 12.0. The number of sulfonamides is 1. The molecule has 0 spiro atoms. The number of primary sulfonamides is 1. The van der Waals surface area contributed by atoms with E-state index in [-0.39, 0.29) is 16.7 Å². The molecule has 2 rings (SSSR count). The molecule has 4 N–H and O–H groups in total. The van der Waals surface area contributed by atoms with E-state index in [4.69, 9.17) is 5.14 Å². The summed E-state index contributed by atoms with van der Waals surface area (Å²) < 4.78 is 22.3. The van der Waals surface area contributed by atoms with E-state index in [2.05, 4.69) is 5.32 Å². The number of amides is 2. The van der Waals surface area contributed by atoms with Crippen LogP contribution in [0.15, 0.2) is 29.2 Å². The number of quaternary nitrogens is 1. The lowest BCUT2D eigenvalue weighted by molar-refractivity contribution is -0.895. The SMILES string of the molecule is CC(=O)N1CC[NH+](CC(=O)Nc2ccc(S(N)(=O)=O)cc2)CC1. The quantitative estimate of drug-likeness (QED) is 0.589. The first-order valence-corrected chi connectivity index (χ1v) is 8.82. The average molecular weight is 341 g/mol. The van der Waals surface area contributed by atoms with Gasteiger partial charge in [0.1, 0.15) is 0 Å². The molecule has 0 saturated carbocycles. The summed E-state index contributed by atoms with van der Waals surface area (Å²) in [6.07, 6.45) is 0. The molecule has 23 heavy (non-hydrogen) atoms. The van der Waals surface area contributed by atoms with Gasteiger partial charge in [-0.15, -0.1) is 0 Å². The lowest BCUT2D eigenvalue weighted by Gasteiger charge is -2.31. The standard InChI is InChI=1S/C14H20N4O4S/c1-11(19)18-8-6-17(7-9-18)10-14(20)16-12-2-4-13(5-3-12)23(15,21)22/h2-5H,6-10H2,1H3,(H,16,20)(H2,15,21,22)/p+1. The van der Waals surface area contributed by atoms with Gasteiger partial charge in [-0.3, -0.25) is 9.59 Å². The first kappa shape index (κ1) is 17.4. The molecule has 1 saturated heterocycles. The summed E-state index contributed by atoms with van der Waals surface area (Å²) in [6, 6.07) is 5.70. The Bertz CT molecular complexity index is 679. The molecule has 8 nitrogen and oxygen atoms in total. The van der Waals surface area contributed by atoms with Crippen molar-refractivity contribution in [3.8, 4) is 0 Å². The third-order valence-electron chi connectivity index (χ3n) is 3.79. The van der Waals surface area contributed by atoms with Crippen molar-refractivity contribution >= 4 is 27.5 Å². The number of rotatable bonds is 4. The van der Waals surface area contributed by atoms with E-state index in [9.17, 15) is 18.0 Å². The Morgan fingerprint density at radius 3 is 2.26 bits per heavy atom. The molecular formula is C14H21N4O4S+. The van der Waals surface area contributed by atoms with Crippen LogP contribution >= 0.6 is 0 Å². The van der Waals surface area contributed by atoms with E-state index in [1.54, 1.807) is 11.8 Å². The van der Waals surface area contributed by atoms with Gasteiger partial charge in [0.25, 0.3) is 5.91 Å². The molecule has 0 radical (unpaired) electrons. The Morgan fingerprint density at radius 2 is 1.78 bits per heavy atom. The molecular weight excluding hydrogens is 320 g/mol. The van der Waals surface area contributed by atoms with Gasteiger partial charge in [-0.2, -0.15) is 0 Å². The number of piperazine rings is 1.